The molecule has 55 heavy (non-hydrogen) atoms. The SMILES string of the molecule is C=C1c2ccc3ccccc3c2C(c2ccccc2)=CC1c1ccc(-c2ccc(-c3cc(-c4ccccn4)nc(-c4ccccn4)n3)c3ccccc23)cc1. The molecule has 9 aromatic rings. The van der Waals surface area contributed by atoms with Crippen molar-refractivity contribution in [2.45, 2.75) is 5.92 Å². The van der Waals surface area contributed by atoms with Gasteiger partial charge < -0.3 is 0 Å². The molecule has 1 aliphatic rings. The third-order valence-corrected chi connectivity index (χ3v) is 10.7. The molecule has 6 aromatic carbocycles. The van der Waals surface area contributed by atoms with Crippen LogP contribution in [-0.2, 0) is 0 Å². The van der Waals surface area contributed by atoms with Gasteiger partial charge in [0.15, 0.2) is 5.82 Å². The van der Waals surface area contributed by atoms with Crippen LogP contribution >= 0.6 is 0 Å². The number of hydrogen-bond donors (Lipinski definition) is 0. The maximum atomic E-state index is 5.07. The molecular weight excluding hydrogens is 669 g/mol. The third kappa shape index (κ3) is 5.81. The van der Waals surface area contributed by atoms with Crippen molar-refractivity contribution in [2.75, 3.05) is 0 Å². The van der Waals surface area contributed by atoms with Crippen molar-refractivity contribution >= 4 is 32.7 Å². The first kappa shape index (κ1) is 32.4. The van der Waals surface area contributed by atoms with Gasteiger partial charge in [0.25, 0.3) is 0 Å². The van der Waals surface area contributed by atoms with Gasteiger partial charge in [-0.3, -0.25) is 9.97 Å². The average molecular weight is 703 g/mol. The fourth-order valence-electron chi connectivity index (χ4n) is 7.99. The van der Waals surface area contributed by atoms with E-state index in [1.807, 2.05) is 42.5 Å². The first-order chi connectivity index (χ1) is 27.2. The van der Waals surface area contributed by atoms with Crippen LogP contribution in [0.4, 0.5) is 0 Å². The Kier molecular flexibility index (Phi) is 8.00. The van der Waals surface area contributed by atoms with Gasteiger partial charge in [-0.1, -0.05) is 152 Å². The predicted molar refractivity (Wildman–Crippen MR) is 226 cm³/mol. The Balaban J connectivity index is 1.06. The normalized spacial score (nSPS) is 13.8. The van der Waals surface area contributed by atoms with Gasteiger partial charge in [0.1, 0.15) is 5.69 Å². The van der Waals surface area contributed by atoms with Gasteiger partial charge in [0.2, 0.25) is 0 Å². The van der Waals surface area contributed by atoms with Crippen LogP contribution in [0.2, 0.25) is 0 Å². The molecule has 10 rings (SSSR count). The molecule has 0 aliphatic heterocycles. The fourth-order valence-corrected chi connectivity index (χ4v) is 7.99. The Morgan fingerprint density at radius 2 is 1.05 bits per heavy atom. The lowest BCUT2D eigenvalue weighted by atomic mass is 9.75. The third-order valence-electron chi connectivity index (χ3n) is 10.7. The topological polar surface area (TPSA) is 51.6 Å². The zero-order chi connectivity index (χ0) is 36.7. The fraction of sp³-hybridized carbons (Fsp3) is 0.0196. The summed E-state index contributed by atoms with van der Waals surface area (Å²) in [5, 5.41) is 4.75. The number of allylic oxidation sites excluding steroid dienone is 2. The summed E-state index contributed by atoms with van der Waals surface area (Å²) >= 11 is 0. The molecule has 0 saturated carbocycles. The number of nitrogens with zero attached hydrogens (tertiary/aromatic N) is 4. The first-order valence-corrected chi connectivity index (χ1v) is 18.5. The van der Waals surface area contributed by atoms with Crippen molar-refractivity contribution in [3.05, 3.63) is 217 Å². The first-order valence-electron chi connectivity index (χ1n) is 18.5. The van der Waals surface area contributed by atoms with Crippen molar-refractivity contribution in [3.8, 4) is 45.3 Å². The molecule has 0 bridgehead atoms. The zero-order valence-electron chi connectivity index (χ0n) is 30.0. The molecule has 0 saturated heterocycles. The highest BCUT2D eigenvalue weighted by molar-refractivity contribution is 6.06. The largest absolute Gasteiger partial charge is 0.255 e. The molecule has 3 aromatic heterocycles. The minimum Gasteiger partial charge on any atom is -0.255 e. The Bertz CT molecular complexity index is 2860. The van der Waals surface area contributed by atoms with E-state index < -0.39 is 0 Å². The lowest BCUT2D eigenvalue weighted by Gasteiger charge is -2.29. The second-order valence-corrected chi connectivity index (χ2v) is 13.9. The van der Waals surface area contributed by atoms with Gasteiger partial charge in [-0.25, -0.2) is 9.97 Å². The van der Waals surface area contributed by atoms with Crippen molar-refractivity contribution < 1.29 is 0 Å². The van der Waals surface area contributed by atoms with Gasteiger partial charge in [-0.15, -0.1) is 0 Å². The maximum absolute atomic E-state index is 5.07. The highest BCUT2D eigenvalue weighted by Crippen LogP contribution is 2.47. The minimum absolute atomic E-state index is 0.0383. The highest BCUT2D eigenvalue weighted by Gasteiger charge is 2.27. The summed E-state index contributed by atoms with van der Waals surface area (Å²) in [6.07, 6.45) is 5.96. The van der Waals surface area contributed by atoms with Crippen LogP contribution in [-0.4, -0.2) is 19.9 Å². The molecular formula is C51H34N4. The van der Waals surface area contributed by atoms with E-state index in [-0.39, 0.29) is 5.92 Å². The molecule has 0 spiro atoms. The Labute approximate surface area is 319 Å². The van der Waals surface area contributed by atoms with Crippen molar-refractivity contribution in [1.29, 1.82) is 0 Å². The molecule has 0 N–H and O–H groups in total. The molecule has 1 unspecified atom stereocenters. The van der Waals surface area contributed by atoms with Crippen molar-refractivity contribution in [1.82, 2.24) is 19.9 Å². The smallest absolute Gasteiger partial charge is 0.179 e. The Morgan fingerprint density at radius 1 is 0.436 bits per heavy atom. The summed E-state index contributed by atoms with van der Waals surface area (Å²) in [5.74, 6) is 0.600. The van der Waals surface area contributed by atoms with E-state index in [4.69, 9.17) is 16.5 Å². The van der Waals surface area contributed by atoms with Gasteiger partial charge >= 0.3 is 0 Å². The molecule has 0 radical (unpaired) electrons. The van der Waals surface area contributed by atoms with Crippen LogP contribution in [0.3, 0.4) is 0 Å². The van der Waals surface area contributed by atoms with E-state index in [1.54, 1.807) is 12.4 Å². The summed E-state index contributed by atoms with van der Waals surface area (Å²) in [6.45, 7) is 4.70. The number of fused-ring (bicyclic) bond motifs is 4. The van der Waals surface area contributed by atoms with Crippen LogP contribution in [0.25, 0.3) is 78.0 Å². The lowest BCUT2D eigenvalue weighted by molar-refractivity contribution is 1.09. The predicted octanol–water partition coefficient (Wildman–Crippen LogP) is 12.5. The van der Waals surface area contributed by atoms with Gasteiger partial charge in [0.05, 0.1) is 17.1 Å². The van der Waals surface area contributed by atoms with Gasteiger partial charge in [0, 0.05) is 23.9 Å². The van der Waals surface area contributed by atoms with Crippen molar-refractivity contribution in [3.63, 3.8) is 0 Å². The van der Waals surface area contributed by atoms with E-state index in [9.17, 15) is 0 Å². The number of hydrogen-bond acceptors (Lipinski definition) is 4. The molecule has 258 valence electrons. The zero-order valence-corrected chi connectivity index (χ0v) is 30.0. The van der Waals surface area contributed by atoms with Gasteiger partial charge in [-0.2, -0.15) is 0 Å². The number of pyridine rings is 2. The number of rotatable bonds is 6. The molecule has 0 amide bonds. The Morgan fingerprint density at radius 3 is 1.80 bits per heavy atom. The maximum Gasteiger partial charge on any atom is 0.179 e. The second-order valence-electron chi connectivity index (χ2n) is 13.9. The quantitative estimate of drug-likeness (QED) is 0.173. The van der Waals surface area contributed by atoms with E-state index in [1.165, 1.54) is 38.6 Å². The lowest BCUT2D eigenvalue weighted by Crippen LogP contribution is -2.09. The molecule has 3 heterocycles. The van der Waals surface area contributed by atoms with Crippen LogP contribution in [0.15, 0.2) is 195 Å². The van der Waals surface area contributed by atoms with E-state index in [0.717, 1.165) is 50.1 Å². The van der Waals surface area contributed by atoms with E-state index in [2.05, 4.69) is 143 Å². The molecule has 1 atom stereocenters. The van der Waals surface area contributed by atoms with E-state index in [0.29, 0.717) is 11.5 Å². The molecule has 1 aliphatic carbocycles. The summed E-state index contributed by atoms with van der Waals surface area (Å²) in [6, 6.07) is 59.5. The standard InChI is InChI=1S/C51H34N4/c1-33-38-26-25-35-15-5-6-16-40(35)50(38)45(34-13-3-2-4-14-34)31-44(33)37-23-21-36(22-24-37)39-27-28-43(42-18-8-7-17-41(39)42)48-32-49(46-19-9-11-29-52-46)55-51(54-48)47-20-10-12-30-53-47/h2-32,44H,1H2. The average Bonchev–Trinajstić information content (AvgIpc) is 3.27. The molecule has 4 nitrogen and oxygen atoms in total. The monoisotopic (exact) mass is 702 g/mol. The summed E-state index contributed by atoms with van der Waals surface area (Å²) < 4.78 is 0. The summed E-state index contributed by atoms with van der Waals surface area (Å²) in [5.41, 5.74) is 13.7. The number of benzene rings is 6. The van der Waals surface area contributed by atoms with E-state index >= 15 is 0 Å². The summed E-state index contributed by atoms with van der Waals surface area (Å²) in [4.78, 5) is 19.1. The Hall–Kier alpha value is -7.30. The highest BCUT2D eigenvalue weighted by atomic mass is 14.9. The van der Waals surface area contributed by atoms with Crippen LogP contribution in [0, 0.1) is 0 Å². The minimum atomic E-state index is 0.0383. The van der Waals surface area contributed by atoms with Crippen molar-refractivity contribution in [2.24, 2.45) is 0 Å². The van der Waals surface area contributed by atoms with Crippen LogP contribution in [0.1, 0.15) is 28.2 Å². The number of aromatic nitrogens is 4. The second kappa shape index (κ2) is 13.6. The summed E-state index contributed by atoms with van der Waals surface area (Å²) in [7, 11) is 0. The molecule has 4 heteroatoms. The van der Waals surface area contributed by atoms with Gasteiger partial charge in [-0.05, 0) is 96.4 Å². The molecule has 0 fully saturated rings. The van der Waals surface area contributed by atoms with Crippen LogP contribution in [0.5, 0.6) is 0 Å². The van der Waals surface area contributed by atoms with Crippen LogP contribution < -0.4 is 0 Å².